The van der Waals surface area contributed by atoms with Crippen LogP contribution in [0.15, 0.2) is 29.2 Å². The third-order valence-corrected chi connectivity index (χ3v) is 4.04. The molecule has 0 heterocycles. The average molecular weight is 279 g/mol. The maximum absolute atomic E-state index is 12.1. The molecular weight excluding hydrogens is 270 g/mol. The summed E-state index contributed by atoms with van der Waals surface area (Å²) in [6.07, 6.45) is 0. The number of hydrogen-bond donors (Lipinski definition) is 1. The van der Waals surface area contributed by atoms with Gasteiger partial charge in [-0.1, -0.05) is 0 Å². The van der Waals surface area contributed by atoms with E-state index in [0.29, 0.717) is 4.31 Å². The topological polar surface area (TPSA) is 122 Å². The van der Waals surface area contributed by atoms with E-state index in [1.807, 2.05) is 0 Å². The van der Waals surface area contributed by atoms with Crippen molar-refractivity contribution in [2.45, 2.75) is 4.90 Å². The lowest BCUT2D eigenvalue weighted by atomic mass is 10.2. The minimum absolute atomic E-state index is 0.0499. The number of sulfonamides is 1. The molecule has 1 N–H and O–H groups in total. The molecule has 8 heteroatoms. The predicted molar refractivity (Wildman–Crippen MR) is 63.4 cm³/mol. The summed E-state index contributed by atoms with van der Waals surface area (Å²) in [6.45, 7) is -0.896. The van der Waals surface area contributed by atoms with Crippen molar-refractivity contribution in [2.75, 3.05) is 13.1 Å². The van der Waals surface area contributed by atoms with Crippen LogP contribution in [0.5, 0.6) is 0 Å². The number of hydrogen-bond acceptors (Lipinski definition) is 5. The molecule has 0 saturated carbocycles. The maximum atomic E-state index is 12.1. The quantitative estimate of drug-likeness (QED) is 0.779. The van der Waals surface area contributed by atoms with Crippen molar-refractivity contribution in [2.24, 2.45) is 0 Å². The molecule has 0 aliphatic rings. The van der Waals surface area contributed by atoms with E-state index in [2.05, 4.69) is 0 Å². The van der Waals surface area contributed by atoms with Gasteiger partial charge >= 0.3 is 5.97 Å². The summed E-state index contributed by atoms with van der Waals surface area (Å²) >= 11 is 0. The smallest absolute Gasteiger partial charge is 0.335 e. The first-order chi connectivity index (χ1) is 8.93. The summed E-state index contributed by atoms with van der Waals surface area (Å²) < 4.78 is 24.9. The molecule has 0 saturated heterocycles. The second kappa shape index (κ2) is 5.96. The average Bonchev–Trinajstić information content (AvgIpc) is 2.38. The molecule has 19 heavy (non-hydrogen) atoms. The fourth-order valence-corrected chi connectivity index (χ4v) is 2.54. The summed E-state index contributed by atoms with van der Waals surface area (Å²) in [4.78, 5) is 10.5. The van der Waals surface area contributed by atoms with E-state index in [1.165, 1.54) is 0 Å². The van der Waals surface area contributed by atoms with E-state index in [9.17, 15) is 13.2 Å². The van der Waals surface area contributed by atoms with Gasteiger partial charge in [-0.15, -0.1) is 0 Å². The van der Waals surface area contributed by atoms with Crippen LogP contribution in [0.2, 0.25) is 0 Å². The SMILES string of the molecule is N#CCN(CC#N)S(=O)(=O)c1ccc(C(=O)O)cc1. The van der Waals surface area contributed by atoms with E-state index < -0.39 is 29.1 Å². The number of aromatic carboxylic acids is 1. The Hall–Kier alpha value is -2.42. The van der Waals surface area contributed by atoms with Crippen LogP contribution in [0.4, 0.5) is 0 Å². The van der Waals surface area contributed by atoms with Gasteiger partial charge in [0.25, 0.3) is 0 Å². The van der Waals surface area contributed by atoms with Crippen molar-refractivity contribution in [3.8, 4) is 12.1 Å². The van der Waals surface area contributed by atoms with Crippen molar-refractivity contribution >= 4 is 16.0 Å². The van der Waals surface area contributed by atoms with Gasteiger partial charge in [0, 0.05) is 0 Å². The zero-order valence-electron chi connectivity index (χ0n) is 9.65. The highest BCUT2D eigenvalue weighted by Gasteiger charge is 2.24. The molecule has 0 aromatic heterocycles. The lowest BCUT2D eigenvalue weighted by Crippen LogP contribution is -2.31. The summed E-state index contributed by atoms with van der Waals surface area (Å²) in [5, 5.41) is 25.8. The minimum Gasteiger partial charge on any atom is -0.478 e. The summed E-state index contributed by atoms with van der Waals surface area (Å²) in [6, 6.07) is 7.86. The molecular formula is C11H9N3O4S. The predicted octanol–water partition coefficient (Wildman–Crippen LogP) is 0.423. The Morgan fingerprint density at radius 2 is 1.63 bits per heavy atom. The van der Waals surface area contributed by atoms with Gasteiger partial charge < -0.3 is 5.11 Å². The van der Waals surface area contributed by atoms with Gasteiger partial charge in [0.15, 0.2) is 0 Å². The van der Waals surface area contributed by atoms with Crippen LogP contribution >= 0.6 is 0 Å². The Balaban J connectivity index is 3.15. The number of benzene rings is 1. The van der Waals surface area contributed by atoms with Crippen molar-refractivity contribution in [1.29, 1.82) is 10.5 Å². The summed E-state index contributed by atoms with van der Waals surface area (Å²) in [7, 11) is -3.97. The van der Waals surface area contributed by atoms with Crippen LogP contribution < -0.4 is 0 Å². The second-order valence-corrected chi connectivity index (χ2v) is 5.36. The maximum Gasteiger partial charge on any atom is 0.335 e. The van der Waals surface area contributed by atoms with Gasteiger partial charge in [0.05, 0.1) is 22.6 Å². The number of carboxylic acid groups (broad SMARTS) is 1. The number of carboxylic acids is 1. The molecule has 0 amide bonds. The van der Waals surface area contributed by atoms with Crippen LogP contribution in [0, 0.1) is 22.7 Å². The van der Waals surface area contributed by atoms with E-state index in [-0.39, 0.29) is 10.5 Å². The third-order valence-electron chi connectivity index (χ3n) is 2.23. The standard InChI is InChI=1S/C11H9N3O4S/c12-5-7-14(8-6-13)19(17,18)10-3-1-9(2-4-10)11(15)16/h1-4H,7-8H2,(H,15,16). The first kappa shape index (κ1) is 14.6. The lowest BCUT2D eigenvalue weighted by Gasteiger charge is -2.15. The molecule has 1 aromatic carbocycles. The molecule has 0 fully saturated rings. The lowest BCUT2D eigenvalue weighted by molar-refractivity contribution is 0.0696. The molecule has 0 bridgehead atoms. The van der Waals surface area contributed by atoms with Gasteiger partial charge in [0.1, 0.15) is 13.1 Å². The van der Waals surface area contributed by atoms with Crippen molar-refractivity contribution in [1.82, 2.24) is 4.31 Å². The highest BCUT2D eigenvalue weighted by atomic mass is 32.2. The van der Waals surface area contributed by atoms with E-state index in [0.717, 1.165) is 24.3 Å². The van der Waals surface area contributed by atoms with Gasteiger partial charge in [-0.2, -0.15) is 14.8 Å². The Kier molecular flexibility index (Phi) is 4.59. The monoisotopic (exact) mass is 279 g/mol. The highest BCUT2D eigenvalue weighted by Crippen LogP contribution is 2.16. The largest absolute Gasteiger partial charge is 0.478 e. The first-order valence-corrected chi connectivity index (χ1v) is 6.45. The van der Waals surface area contributed by atoms with Gasteiger partial charge in [-0.05, 0) is 24.3 Å². The molecule has 0 unspecified atom stereocenters. The zero-order chi connectivity index (χ0) is 14.5. The Labute approximate surface area is 110 Å². The Morgan fingerprint density at radius 3 is 2.00 bits per heavy atom. The van der Waals surface area contributed by atoms with E-state index in [1.54, 1.807) is 12.1 Å². The van der Waals surface area contributed by atoms with Crippen LogP contribution in [0.3, 0.4) is 0 Å². The molecule has 0 spiro atoms. The van der Waals surface area contributed by atoms with Crippen molar-refractivity contribution < 1.29 is 18.3 Å². The fraction of sp³-hybridized carbons (Fsp3) is 0.182. The molecule has 0 aliphatic heterocycles. The Bertz CT molecular complexity index is 637. The van der Waals surface area contributed by atoms with Crippen molar-refractivity contribution in [3.63, 3.8) is 0 Å². The first-order valence-electron chi connectivity index (χ1n) is 5.01. The normalized spacial score (nSPS) is 10.7. The number of carbonyl (C=O) groups is 1. The van der Waals surface area contributed by atoms with Crippen LogP contribution in [0.25, 0.3) is 0 Å². The van der Waals surface area contributed by atoms with Crippen LogP contribution in [0.1, 0.15) is 10.4 Å². The van der Waals surface area contributed by atoms with E-state index >= 15 is 0 Å². The molecule has 1 aromatic rings. The van der Waals surface area contributed by atoms with Gasteiger partial charge in [0.2, 0.25) is 10.0 Å². The summed E-state index contributed by atoms with van der Waals surface area (Å²) in [5.74, 6) is -1.17. The van der Waals surface area contributed by atoms with E-state index in [4.69, 9.17) is 15.6 Å². The van der Waals surface area contributed by atoms with Crippen molar-refractivity contribution in [3.05, 3.63) is 29.8 Å². The number of nitrogens with zero attached hydrogens (tertiary/aromatic N) is 3. The van der Waals surface area contributed by atoms with Gasteiger partial charge in [-0.25, -0.2) is 13.2 Å². The number of nitriles is 2. The minimum atomic E-state index is -3.97. The molecule has 1 rings (SSSR count). The molecule has 0 atom stereocenters. The number of rotatable bonds is 5. The third kappa shape index (κ3) is 3.28. The zero-order valence-corrected chi connectivity index (χ0v) is 10.5. The summed E-state index contributed by atoms with van der Waals surface area (Å²) in [5.41, 5.74) is -0.0499. The molecule has 7 nitrogen and oxygen atoms in total. The molecule has 0 radical (unpaired) electrons. The fourth-order valence-electron chi connectivity index (χ4n) is 1.30. The van der Waals surface area contributed by atoms with Crippen LogP contribution in [-0.2, 0) is 10.0 Å². The highest BCUT2D eigenvalue weighted by molar-refractivity contribution is 7.89. The molecule has 98 valence electrons. The Morgan fingerprint density at radius 1 is 1.16 bits per heavy atom. The van der Waals surface area contributed by atoms with Crippen LogP contribution in [-0.4, -0.2) is 36.9 Å². The van der Waals surface area contributed by atoms with Gasteiger partial charge in [-0.3, -0.25) is 0 Å². The second-order valence-electron chi connectivity index (χ2n) is 3.42. The molecule has 0 aliphatic carbocycles.